The average Bonchev–Trinajstić information content (AvgIpc) is 3.06. The van der Waals surface area contributed by atoms with Crippen LogP contribution in [0, 0.1) is 0 Å². The van der Waals surface area contributed by atoms with Gasteiger partial charge in [-0.2, -0.15) is 0 Å². The Morgan fingerprint density at radius 1 is 1.33 bits per heavy atom. The van der Waals surface area contributed by atoms with Gasteiger partial charge in [-0.15, -0.1) is 0 Å². The standard InChI is InChI=1S/C14H27N3O/c1-16(12-5-9-18-10-12)14(11-15)6-8-17-7-3-2-4-13(14)17/h12-13H,2-11,15H2,1H3. The van der Waals surface area contributed by atoms with Crippen LogP contribution in [0.1, 0.15) is 32.1 Å². The molecule has 0 spiro atoms. The van der Waals surface area contributed by atoms with Gasteiger partial charge in [-0.3, -0.25) is 9.80 Å². The Balaban J connectivity index is 1.80. The van der Waals surface area contributed by atoms with Gasteiger partial charge in [0.1, 0.15) is 0 Å². The number of rotatable bonds is 3. The van der Waals surface area contributed by atoms with Crippen LogP contribution < -0.4 is 5.73 Å². The van der Waals surface area contributed by atoms with Crippen molar-refractivity contribution in [1.29, 1.82) is 0 Å². The molecule has 4 nitrogen and oxygen atoms in total. The molecule has 4 heteroatoms. The number of likely N-dealkylation sites (N-methyl/N-ethyl adjacent to an activating group) is 1. The highest BCUT2D eigenvalue weighted by Gasteiger charge is 2.51. The van der Waals surface area contributed by atoms with Crippen LogP contribution in [-0.2, 0) is 4.74 Å². The first-order valence-corrected chi connectivity index (χ1v) is 7.53. The van der Waals surface area contributed by atoms with Gasteiger partial charge < -0.3 is 10.5 Å². The lowest BCUT2D eigenvalue weighted by Crippen LogP contribution is -2.63. The summed E-state index contributed by atoms with van der Waals surface area (Å²) in [7, 11) is 2.28. The molecule has 0 aromatic heterocycles. The molecule has 0 saturated carbocycles. The van der Waals surface area contributed by atoms with Gasteiger partial charge in [0.2, 0.25) is 0 Å². The minimum atomic E-state index is 0.207. The molecule has 0 aromatic rings. The highest BCUT2D eigenvalue weighted by Crippen LogP contribution is 2.39. The Kier molecular flexibility index (Phi) is 3.63. The highest BCUT2D eigenvalue weighted by atomic mass is 16.5. The van der Waals surface area contributed by atoms with E-state index in [1.165, 1.54) is 45.2 Å². The number of nitrogens with two attached hydrogens (primary N) is 1. The van der Waals surface area contributed by atoms with Crippen molar-refractivity contribution in [3.63, 3.8) is 0 Å². The normalized spacial score (nSPS) is 41.5. The van der Waals surface area contributed by atoms with E-state index in [2.05, 4.69) is 16.8 Å². The van der Waals surface area contributed by atoms with Crippen molar-refractivity contribution in [2.24, 2.45) is 5.73 Å². The maximum absolute atomic E-state index is 6.24. The third-order valence-corrected chi connectivity index (χ3v) is 5.58. The SMILES string of the molecule is CN(C1CCOC1)C1(CN)CCN2CCCCC21. The van der Waals surface area contributed by atoms with Gasteiger partial charge in [-0.1, -0.05) is 6.42 Å². The van der Waals surface area contributed by atoms with E-state index in [-0.39, 0.29) is 5.54 Å². The van der Waals surface area contributed by atoms with Crippen molar-refractivity contribution >= 4 is 0 Å². The number of nitrogens with zero attached hydrogens (tertiary/aromatic N) is 2. The summed E-state index contributed by atoms with van der Waals surface area (Å²) in [6, 6.07) is 1.26. The minimum absolute atomic E-state index is 0.207. The Bertz CT molecular complexity index is 293. The van der Waals surface area contributed by atoms with Gasteiger partial charge in [-0.05, 0) is 39.3 Å². The van der Waals surface area contributed by atoms with Gasteiger partial charge in [0.15, 0.2) is 0 Å². The van der Waals surface area contributed by atoms with Gasteiger partial charge in [-0.25, -0.2) is 0 Å². The summed E-state index contributed by atoms with van der Waals surface area (Å²) in [5.41, 5.74) is 6.44. The van der Waals surface area contributed by atoms with Crippen LogP contribution in [0.5, 0.6) is 0 Å². The summed E-state index contributed by atoms with van der Waals surface area (Å²) >= 11 is 0. The molecule has 0 aromatic carbocycles. The summed E-state index contributed by atoms with van der Waals surface area (Å²) < 4.78 is 5.57. The van der Waals surface area contributed by atoms with E-state index in [0.717, 1.165) is 19.8 Å². The van der Waals surface area contributed by atoms with Crippen molar-refractivity contribution in [2.75, 3.05) is 39.9 Å². The molecule has 0 aliphatic carbocycles. The molecule has 3 heterocycles. The van der Waals surface area contributed by atoms with Gasteiger partial charge >= 0.3 is 0 Å². The molecule has 0 bridgehead atoms. The lowest BCUT2D eigenvalue weighted by Gasteiger charge is -2.48. The van der Waals surface area contributed by atoms with Gasteiger partial charge in [0, 0.05) is 37.3 Å². The molecule has 3 atom stereocenters. The Hall–Kier alpha value is -0.160. The predicted molar refractivity (Wildman–Crippen MR) is 72.6 cm³/mol. The first kappa shape index (κ1) is 12.9. The molecule has 3 unspecified atom stereocenters. The van der Waals surface area contributed by atoms with E-state index in [9.17, 15) is 0 Å². The molecule has 104 valence electrons. The molecular weight excluding hydrogens is 226 g/mol. The number of fused-ring (bicyclic) bond motifs is 1. The largest absolute Gasteiger partial charge is 0.380 e. The second-order valence-corrected chi connectivity index (χ2v) is 6.23. The molecule has 3 aliphatic rings. The summed E-state index contributed by atoms with van der Waals surface area (Å²) in [5, 5.41) is 0. The Labute approximate surface area is 110 Å². The van der Waals surface area contributed by atoms with Crippen LogP contribution in [0.2, 0.25) is 0 Å². The summed E-state index contributed by atoms with van der Waals surface area (Å²) in [4.78, 5) is 5.26. The fourth-order valence-electron chi connectivity index (χ4n) is 4.36. The maximum Gasteiger partial charge on any atom is 0.0622 e. The molecule has 3 saturated heterocycles. The van der Waals surface area contributed by atoms with Gasteiger partial charge in [0.25, 0.3) is 0 Å². The van der Waals surface area contributed by atoms with E-state index in [0.29, 0.717) is 12.1 Å². The van der Waals surface area contributed by atoms with Crippen molar-refractivity contribution in [1.82, 2.24) is 9.80 Å². The van der Waals surface area contributed by atoms with Crippen LogP contribution in [0.25, 0.3) is 0 Å². The lowest BCUT2D eigenvalue weighted by atomic mass is 9.83. The average molecular weight is 253 g/mol. The molecule has 18 heavy (non-hydrogen) atoms. The van der Waals surface area contributed by atoms with Crippen LogP contribution in [-0.4, -0.2) is 67.3 Å². The molecule has 3 aliphatic heterocycles. The number of ether oxygens (including phenoxy) is 1. The van der Waals surface area contributed by atoms with Crippen molar-refractivity contribution in [3.8, 4) is 0 Å². The van der Waals surface area contributed by atoms with E-state index < -0.39 is 0 Å². The van der Waals surface area contributed by atoms with Gasteiger partial charge in [0.05, 0.1) is 6.61 Å². The third kappa shape index (κ3) is 1.90. The first-order valence-electron chi connectivity index (χ1n) is 7.53. The second-order valence-electron chi connectivity index (χ2n) is 6.23. The topological polar surface area (TPSA) is 41.7 Å². The lowest BCUT2D eigenvalue weighted by molar-refractivity contribution is 0.0228. The second kappa shape index (κ2) is 5.08. The van der Waals surface area contributed by atoms with Crippen LogP contribution in [0.3, 0.4) is 0 Å². The van der Waals surface area contributed by atoms with E-state index in [4.69, 9.17) is 10.5 Å². The fourth-order valence-corrected chi connectivity index (χ4v) is 4.36. The summed E-state index contributed by atoms with van der Waals surface area (Å²) in [6.07, 6.45) is 6.48. The monoisotopic (exact) mass is 253 g/mol. The molecule has 0 amide bonds. The quantitative estimate of drug-likeness (QED) is 0.802. The van der Waals surface area contributed by atoms with E-state index >= 15 is 0 Å². The zero-order valence-corrected chi connectivity index (χ0v) is 11.6. The molecule has 2 N–H and O–H groups in total. The molecular formula is C14H27N3O. The van der Waals surface area contributed by atoms with Crippen molar-refractivity contribution < 1.29 is 4.74 Å². The number of hydrogen-bond donors (Lipinski definition) is 1. The Morgan fingerprint density at radius 3 is 2.94 bits per heavy atom. The van der Waals surface area contributed by atoms with E-state index in [1.54, 1.807) is 0 Å². The fraction of sp³-hybridized carbons (Fsp3) is 1.00. The van der Waals surface area contributed by atoms with Crippen LogP contribution in [0.4, 0.5) is 0 Å². The molecule has 3 rings (SSSR count). The smallest absolute Gasteiger partial charge is 0.0622 e. The molecule has 3 fully saturated rings. The summed E-state index contributed by atoms with van der Waals surface area (Å²) in [5.74, 6) is 0. The summed E-state index contributed by atoms with van der Waals surface area (Å²) in [6.45, 7) is 5.12. The first-order chi connectivity index (χ1) is 8.78. The van der Waals surface area contributed by atoms with Crippen molar-refractivity contribution in [3.05, 3.63) is 0 Å². The predicted octanol–water partition coefficient (Wildman–Crippen LogP) is 0.663. The third-order valence-electron chi connectivity index (χ3n) is 5.58. The highest BCUT2D eigenvalue weighted by molar-refractivity contribution is 5.09. The Morgan fingerprint density at radius 2 is 2.22 bits per heavy atom. The number of hydrogen-bond acceptors (Lipinski definition) is 4. The number of piperidine rings is 1. The van der Waals surface area contributed by atoms with E-state index in [1.807, 2.05) is 0 Å². The van der Waals surface area contributed by atoms with Crippen molar-refractivity contribution in [2.45, 2.75) is 49.7 Å². The minimum Gasteiger partial charge on any atom is -0.380 e. The van der Waals surface area contributed by atoms with Crippen LogP contribution in [0.15, 0.2) is 0 Å². The zero-order chi connectivity index (χ0) is 12.6. The molecule has 0 radical (unpaired) electrons. The maximum atomic E-state index is 6.24. The zero-order valence-electron chi connectivity index (χ0n) is 11.6. The van der Waals surface area contributed by atoms with Crippen LogP contribution >= 0.6 is 0 Å².